The van der Waals surface area contributed by atoms with Crippen molar-refractivity contribution in [1.82, 2.24) is 0 Å². The molecule has 0 radical (unpaired) electrons. The number of benzene rings is 1. The van der Waals surface area contributed by atoms with Gasteiger partial charge in [0, 0.05) is 10.6 Å². The van der Waals surface area contributed by atoms with Gasteiger partial charge in [-0.1, -0.05) is 41.7 Å². The number of Topliss-reactive ketones (excluding diaryl/α,β-unsaturated/α-hetero) is 1. The lowest BCUT2D eigenvalue weighted by Crippen LogP contribution is -2.14. The molecule has 0 saturated carbocycles. The van der Waals surface area contributed by atoms with Gasteiger partial charge in [-0.15, -0.1) is 11.6 Å². The summed E-state index contributed by atoms with van der Waals surface area (Å²) >= 11 is 23.3. The summed E-state index contributed by atoms with van der Waals surface area (Å²) in [4.78, 5) is 11.8. The zero-order valence-electron chi connectivity index (χ0n) is 7.86. The summed E-state index contributed by atoms with van der Waals surface area (Å²) in [5.74, 6) is -0.256. The average Bonchev–Trinajstić information content (AvgIpc) is 2.21. The summed E-state index contributed by atoms with van der Waals surface area (Å²) in [5, 5.41) is 0.224. The smallest absolute Gasteiger partial charge is 0.182 e. The second kappa shape index (κ2) is 5.40. The van der Waals surface area contributed by atoms with Crippen LogP contribution in [0.4, 0.5) is 0 Å². The molecule has 0 fully saturated rings. The van der Waals surface area contributed by atoms with E-state index in [0.29, 0.717) is 11.4 Å². The van der Waals surface area contributed by atoms with E-state index < -0.39 is 5.38 Å². The van der Waals surface area contributed by atoms with Crippen molar-refractivity contribution in [2.45, 2.75) is 18.7 Å². The van der Waals surface area contributed by atoms with E-state index in [2.05, 4.69) is 0 Å². The average molecular weight is 286 g/mol. The monoisotopic (exact) mass is 284 g/mol. The normalized spacial score (nSPS) is 12.6. The topological polar surface area (TPSA) is 17.1 Å². The van der Waals surface area contributed by atoms with E-state index in [0.717, 1.165) is 0 Å². The number of carbonyl (C=O) groups excluding carboxylic acids is 1. The molecule has 0 saturated heterocycles. The highest BCUT2D eigenvalue weighted by atomic mass is 35.5. The third-order valence-corrected chi connectivity index (χ3v) is 3.43. The number of alkyl halides is 1. The lowest BCUT2D eigenvalue weighted by Gasteiger charge is -2.09. The first-order chi connectivity index (χ1) is 6.97. The standard InChI is InChI=1S/C10H8Cl4O/c1-2-7(12)10(15)6-3-5(11)4-8(13)9(6)14/h3-4,7H,2H2,1H3. The SMILES string of the molecule is CCC(Cl)C(=O)c1cc(Cl)cc(Cl)c1Cl. The van der Waals surface area contributed by atoms with Crippen molar-refractivity contribution in [2.75, 3.05) is 0 Å². The molecule has 15 heavy (non-hydrogen) atoms. The molecule has 82 valence electrons. The van der Waals surface area contributed by atoms with E-state index in [1.807, 2.05) is 6.92 Å². The van der Waals surface area contributed by atoms with Crippen molar-refractivity contribution in [3.63, 3.8) is 0 Å². The fourth-order valence-corrected chi connectivity index (χ4v) is 1.90. The van der Waals surface area contributed by atoms with Crippen LogP contribution in [0.5, 0.6) is 0 Å². The third kappa shape index (κ3) is 3.01. The molecule has 1 atom stereocenters. The van der Waals surface area contributed by atoms with Crippen molar-refractivity contribution >= 4 is 52.2 Å². The number of hydrogen-bond donors (Lipinski definition) is 0. The summed E-state index contributed by atoms with van der Waals surface area (Å²) < 4.78 is 0. The third-order valence-electron chi connectivity index (χ3n) is 1.90. The van der Waals surface area contributed by atoms with Gasteiger partial charge in [0.25, 0.3) is 0 Å². The van der Waals surface area contributed by atoms with Crippen LogP contribution in [0, 0.1) is 0 Å². The Morgan fingerprint density at radius 2 is 1.93 bits per heavy atom. The van der Waals surface area contributed by atoms with Crippen LogP contribution in [0.1, 0.15) is 23.7 Å². The Hall–Kier alpha value is 0.0500. The molecular weight excluding hydrogens is 278 g/mol. The number of hydrogen-bond acceptors (Lipinski definition) is 1. The molecule has 0 spiro atoms. The maximum Gasteiger partial charge on any atom is 0.182 e. The highest BCUT2D eigenvalue weighted by Gasteiger charge is 2.20. The maximum atomic E-state index is 11.8. The molecule has 1 nitrogen and oxygen atoms in total. The molecule has 0 N–H and O–H groups in total. The van der Waals surface area contributed by atoms with Crippen LogP contribution < -0.4 is 0 Å². The minimum absolute atomic E-state index is 0.199. The van der Waals surface area contributed by atoms with Gasteiger partial charge in [-0.05, 0) is 18.6 Å². The summed E-state index contributed by atoms with van der Waals surface area (Å²) in [6.45, 7) is 1.82. The second-order valence-electron chi connectivity index (χ2n) is 2.99. The highest BCUT2D eigenvalue weighted by Crippen LogP contribution is 2.31. The lowest BCUT2D eigenvalue weighted by molar-refractivity contribution is 0.0986. The molecule has 0 aliphatic rings. The Labute approximate surface area is 108 Å². The van der Waals surface area contributed by atoms with E-state index in [1.165, 1.54) is 12.1 Å². The summed E-state index contributed by atoms with van der Waals surface area (Å²) in [6.07, 6.45) is 0.529. The molecule has 1 aromatic carbocycles. The predicted molar refractivity (Wildman–Crippen MR) is 65.7 cm³/mol. The first-order valence-corrected chi connectivity index (χ1v) is 5.87. The number of halogens is 4. The molecule has 5 heteroatoms. The van der Waals surface area contributed by atoms with Crippen LogP contribution >= 0.6 is 46.4 Å². The Morgan fingerprint density at radius 1 is 1.33 bits per heavy atom. The van der Waals surface area contributed by atoms with Crippen LogP contribution in [0.2, 0.25) is 15.1 Å². The molecule has 1 unspecified atom stereocenters. The largest absolute Gasteiger partial charge is 0.292 e. The van der Waals surface area contributed by atoms with E-state index >= 15 is 0 Å². The molecular formula is C10H8Cl4O. The number of ketones is 1. The van der Waals surface area contributed by atoms with E-state index in [4.69, 9.17) is 46.4 Å². The molecule has 1 rings (SSSR count). The minimum Gasteiger partial charge on any atom is -0.292 e. The van der Waals surface area contributed by atoms with Crippen molar-refractivity contribution in [2.24, 2.45) is 0 Å². The molecule has 0 aliphatic carbocycles. The maximum absolute atomic E-state index is 11.8. The first-order valence-electron chi connectivity index (χ1n) is 4.30. The van der Waals surface area contributed by atoms with Gasteiger partial charge in [-0.2, -0.15) is 0 Å². The lowest BCUT2D eigenvalue weighted by atomic mass is 10.1. The van der Waals surface area contributed by atoms with Crippen LogP contribution in [0.3, 0.4) is 0 Å². The fraction of sp³-hybridized carbons (Fsp3) is 0.300. The Balaban J connectivity index is 3.19. The predicted octanol–water partition coefficient (Wildman–Crippen LogP) is 4.85. The fourth-order valence-electron chi connectivity index (χ4n) is 1.09. The molecule has 1 aromatic rings. The van der Waals surface area contributed by atoms with Gasteiger partial charge in [-0.25, -0.2) is 0 Å². The Morgan fingerprint density at radius 3 is 2.47 bits per heavy atom. The number of rotatable bonds is 3. The van der Waals surface area contributed by atoms with Crippen molar-refractivity contribution in [1.29, 1.82) is 0 Å². The Bertz CT molecular complexity index is 389. The van der Waals surface area contributed by atoms with E-state index in [9.17, 15) is 4.79 Å². The van der Waals surface area contributed by atoms with Gasteiger partial charge in [0.05, 0.1) is 15.4 Å². The zero-order valence-corrected chi connectivity index (χ0v) is 10.9. The second-order valence-corrected chi connectivity index (χ2v) is 4.74. The minimum atomic E-state index is -0.600. The van der Waals surface area contributed by atoms with Crippen molar-refractivity contribution in [3.05, 3.63) is 32.8 Å². The van der Waals surface area contributed by atoms with Crippen LogP contribution in [0.25, 0.3) is 0 Å². The van der Waals surface area contributed by atoms with Crippen molar-refractivity contribution in [3.8, 4) is 0 Å². The van der Waals surface area contributed by atoms with Crippen LogP contribution in [0.15, 0.2) is 12.1 Å². The molecule has 0 aliphatic heterocycles. The number of carbonyl (C=O) groups is 1. The molecule has 0 heterocycles. The Kier molecular flexibility index (Phi) is 4.72. The summed E-state index contributed by atoms with van der Waals surface area (Å²) in [5.41, 5.74) is 0.274. The van der Waals surface area contributed by atoms with Gasteiger partial charge in [0.15, 0.2) is 5.78 Å². The van der Waals surface area contributed by atoms with Gasteiger partial charge in [-0.3, -0.25) is 4.79 Å². The van der Waals surface area contributed by atoms with Gasteiger partial charge < -0.3 is 0 Å². The van der Waals surface area contributed by atoms with Gasteiger partial charge in [0.1, 0.15) is 0 Å². The van der Waals surface area contributed by atoms with E-state index in [1.54, 1.807) is 0 Å². The zero-order chi connectivity index (χ0) is 11.6. The van der Waals surface area contributed by atoms with E-state index in [-0.39, 0.29) is 21.4 Å². The molecule has 0 amide bonds. The van der Waals surface area contributed by atoms with Gasteiger partial charge >= 0.3 is 0 Å². The molecule has 0 aromatic heterocycles. The molecule has 0 bridgehead atoms. The van der Waals surface area contributed by atoms with Crippen LogP contribution in [-0.2, 0) is 0 Å². The highest BCUT2D eigenvalue weighted by molar-refractivity contribution is 6.46. The summed E-state index contributed by atoms with van der Waals surface area (Å²) in [7, 11) is 0. The van der Waals surface area contributed by atoms with Crippen LogP contribution in [-0.4, -0.2) is 11.2 Å². The first kappa shape index (κ1) is 13.1. The quantitative estimate of drug-likeness (QED) is 0.441. The summed E-state index contributed by atoms with van der Waals surface area (Å²) in [6, 6.07) is 2.96. The van der Waals surface area contributed by atoms with Crippen molar-refractivity contribution < 1.29 is 4.79 Å². The van der Waals surface area contributed by atoms with Gasteiger partial charge in [0.2, 0.25) is 0 Å².